The number of amides is 2. The van der Waals surface area contributed by atoms with Crippen LogP contribution in [0.5, 0.6) is 5.75 Å². The second-order valence-electron chi connectivity index (χ2n) is 5.74. The smallest absolute Gasteiger partial charge is 0.260 e. The van der Waals surface area contributed by atoms with Gasteiger partial charge in [-0.3, -0.25) is 9.59 Å². The molecule has 1 aromatic rings. The maximum absolute atomic E-state index is 12.2. The fourth-order valence-electron chi connectivity index (χ4n) is 2.84. The molecule has 120 valence electrons. The van der Waals surface area contributed by atoms with Crippen molar-refractivity contribution in [2.45, 2.75) is 32.6 Å². The van der Waals surface area contributed by atoms with Crippen molar-refractivity contribution in [3.8, 4) is 5.75 Å². The molecule has 1 aromatic carbocycles. The molecule has 0 bridgehead atoms. The largest absolute Gasteiger partial charge is 0.483 e. The Kier molecular flexibility index (Phi) is 5.81. The standard InChI is InChI=1S/C17H24N2O3/c1-2-14-5-3-4-6-15(14)22-12-17(21)19-9-7-13(8-10-19)11-16(18)20/h3-6,13H,2,7-12H2,1H3,(H2,18,20). The summed E-state index contributed by atoms with van der Waals surface area (Å²) >= 11 is 0. The van der Waals surface area contributed by atoms with Crippen LogP contribution >= 0.6 is 0 Å². The molecule has 1 fully saturated rings. The van der Waals surface area contributed by atoms with Crippen molar-refractivity contribution >= 4 is 11.8 Å². The number of nitrogens with two attached hydrogens (primary N) is 1. The molecule has 0 atom stereocenters. The van der Waals surface area contributed by atoms with E-state index in [2.05, 4.69) is 6.92 Å². The zero-order chi connectivity index (χ0) is 15.9. The minimum absolute atomic E-state index is 0.00318. The summed E-state index contributed by atoms with van der Waals surface area (Å²) < 4.78 is 5.67. The number of hydrogen-bond donors (Lipinski definition) is 1. The highest BCUT2D eigenvalue weighted by molar-refractivity contribution is 5.78. The topological polar surface area (TPSA) is 72.6 Å². The number of likely N-dealkylation sites (tertiary alicyclic amines) is 1. The van der Waals surface area contributed by atoms with Crippen LogP contribution in [0, 0.1) is 5.92 Å². The molecule has 22 heavy (non-hydrogen) atoms. The number of benzene rings is 1. The normalized spacial score (nSPS) is 15.6. The van der Waals surface area contributed by atoms with E-state index in [1.165, 1.54) is 0 Å². The lowest BCUT2D eigenvalue weighted by Gasteiger charge is -2.31. The number of hydrogen-bond acceptors (Lipinski definition) is 3. The number of primary amides is 1. The summed E-state index contributed by atoms with van der Waals surface area (Å²) in [5.74, 6) is 0.831. The highest BCUT2D eigenvalue weighted by Crippen LogP contribution is 2.21. The molecule has 0 saturated carbocycles. The van der Waals surface area contributed by atoms with Gasteiger partial charge in [-0.05, 0) is 36.8 Å². The van der Waals surface area contributed by atoms with Crippen molar-refractivity contribution in [3.05, 3.63) is 29.8 Å². The molecule has 1 heterocycles. The van der Waals surface area contributed by atoms with Crippen LogP contribution in [-0.2, 0) is 16.0 Å². The van der Waals surface area contributed by atoms with Gasteiger partial charge in [0.15, 0.2) is 6.61 Å². The van der Waals surface area contributed by atoms with Crippen LogP contribution in [0.25, 0.3) is 0 Å². The highest BCUT2D eigenvalue weighted by atomic mass is 16.5. The van der Waals surface area contributed by atoms with E-state index >= 15 is 0 Å². The molecule has 1 aliphatic heterocycles. The van der Waals surface area contributed by atoms with E-state index in [4.69, 9.17) is 10.5 Å². The fourth-order valence-corrected chi connectivity index (χ4v) is 2.84. The Balaban J connectivity index is 1.80. The van der Waals surface area contributed by atoms with Crippen molar-refractivity contribution < 1.29 is 14.3 Å². The predicted octanol–water partition coefficient (Wildman–Crippen LogP) is 1.74. The van der Waals surface area contributed by atoms with Gasteiger partial charge in [0, 0.05) is 19.5 Å². The molecular weight excluding hydrogens is 280 g/mol. The molecule has 0 spiro atoms. The number of ether oxygens (including phenoxy) is 1. The lowest BCUT2D eigenvalue weighted by Crippen LogP contribution is -2.41. The Bertz CT molecular complexity index is 522. The summed E-state index contributed by atoms with van der Waals surface area (Å²) in [6.45, 7) is 3.48. The van der Waals surface area contributed by atoms with E-state index in [0.29, 0.717) is 25.4 Å². The zero-order valence-corrected chi connectivity index (χ0v) is 13.1. The van der Waals surface area contributed by atoms with Gasteiger partial charge in [-0.15, -0.1) is 0 Å². The van der Waals surface area contributed by atoms with Crippen LogP contribution in [0.3, 0.4) is 0 Å². The van der Waals surface area contributed by atoms with Crippen molar-refractivity contribution in [3.63, 3.8) is 0 Å². The minimum atomic E-state index is -0.260. The molecule has 0 unspecified atom stereocenters. The average Bonchev–Trinajstić information content (AvgIpc) is 2.53. The molecular formula is C17H24N2O3. The molecule has 1 saturated heterocycles. The number of carbonyl (C=O) groups excluding carboxylic acids is 2. The van der Waals surface area contributed by atoms with Crippen molar-refractivity contribution in [2.24, 2.45) is 11.7 Å². The first-order chi connectivity index (χ1) is 10.6. The SMILES string of the molecule is CCc1ccccc1OCC(=O)N1CCC(CC(N)=O)CC1. The number of piperidine rings is 1. The maximum atomic E-state index is 12.2. The molecule has 0 aromatic heterocycles. The van der Waals surface area contributed by atoms with E-state index in [-0.39, 0.29) is 18.4 Å². The molecule has 5 heteroatoms. The van der Waals surface area contributed by atoms with E-state index in [1.807, 2.05) is 29.2 Å². The molecule has 0 radical (unpaired) electrons. The van der Waals surface area contributed by atoms with Crippen LogP contribution in [0.1, 0.15) is 31.7 Å². The van der Waals surface area contributed by atoms with Gasteiger partial charge < -0.3 is 15.4 Å². The predicted molar refractivity (Wildman–Crippen MR) is 84.4 cm³/mol. The first-order valence-electron chi connectivity index (χ1n) is 7.87. The van der Waals surface area contributed by atoms with Crippen molar-refractivity contribution in [2.75, 3.05) is 19.7 Å². The Labute approximate surface area is 131 Å². The summed E-state index contributed by atoms with van der Waals surface area (Å²) in [6.07, 6.45) is 2.96. The lowest BCUT2D eigenvalue weighted by molar-refractivity contribution is -0.134. The van der Waals surface area contributed by atoms with Gasteiger partial charge in [0.2, 0.25) is 5.91 Å². The Morgan fingerprint density at radius 1 is 1.27 bits per heavy atom. The zero-order valence-electron chi connectivity index (χ0n) is 13.1. The Hall–Kier alpha value is -2.04. The van der Waals surface area contributed by atoms with Gasteiger partial charge in [0.25, 0.3) is 5.91 Å². The summed E-state index contributed by atoms with van der Waals surface area (Å²) in [6, 6.07) is 7.78. The summed E-state index contributed by atoms with van der Waals surface area (Å²) in [4.78, 5) is 24.9. The van der Waals surface area contributed by atoms with Crippen LogP contribution < -0.4 is 10.5 Å². The third-order valence-electron chi connectivity index (χ3n) is 4.16. The third-order valence-corrected chi connectivity index (χ3v) is 4.16. The van der Waals surface area contributed by atoms with Gasteiger partial charge in [-0.2, -0.15) is 0 Å². The summed E-state index contributed by atoms with van der Waals surface area (Å²) in [7, 11) is 0. The summed E-state index contributed by atoms with van der Waals surface area (Å²) in [5, 5.41) is 0. The van der Waals surface area contributed by atoms with Crippen LogP contribution in [0.4, 0.5) is 0 Å². The monoisotopic (exact) mass is 304 g/mol. The van der Waals surface area contributed by atoms with E-state index in [9.17, 15) is 9.59 Å². The Morgan fingerprint density at radius 3 is 2.59 bits per heavy atom. The van der Waals surface area contributed by atoms with Crippen molar-refractivity contribution in [1.82, 2.24) is 4.90 Å². The second kappa shape index (κ2) is 7.82. The summed E-state index contributed by atoms with van der Waals surface area (Å²) in [5.41, 5.74) is 6.32. The maximum Gasteiger partial charge on any atom is 0.260 e. The van der Waals surface area contributed by atoms with Crippen LogP contribution in [0.15, 0.2) is 24.3 Å². The number of para-hydroxylation sites is 1. The quantitative estimate of drug-likeness (QED) is 0.870. The lowest BCUT2D eigenvalue weighted by atomic mass is 9.93. The van der Waals surface area contributed by atoms with E-state index < -0.39 is 0 Å². The number of aryl methyl sites for hydroxylation is 1. The highest BCUT2D eigenvalue weighted by Gasteiger charge is 2.24. The molecule has 2 N–H and O–H groups in total. The first kappa shape index (κ1) is 16.3. The fraction of sp³-hybridized carbons (Fsp3) is 0.529. The van der Waals surface area contributed by atoms with Gasteiger partial charge in [0.1, 0.15) is 5.75 Å². The molecule has 1 aliphatic rings. The van der Waals surface area contributed by atoms with Gasteiger partial charge in [-0.1, -0.05) is 25.1 Å². The average molecular weight is 304 g/mol. The molecule has 2 amide bonds. The Morgan fingerprint density at radius 2 is 1.95 bits per heavy atom. The minimum Gasteiger partial charge on any atom is -0.483 e. The van der Waals surface area contributed by atoms with E-state index in [0.717, 1.165) is 30.6 Å². The van der Waals surface area contributed by atoms with E-state index in [1.54, 1.807) is 0 Å². The van der Waals surface area contributed by atoms with Gasteiger partial charge in [-0.25, -0.2) is 0 Å². The number of nitrogens with zero attached hydrogens (tertiary/aromatic N) is 1. The second-order valence-corrected chi connectivity index (χ2v) is 5.74. The number of carbonyl (C=O) groups is 2. The molecule has 5 nitrogen and oxygen atoms in total. The van der Waals surface area contributed by atoms with Crippen LogP contribution in [0.2, 0.25) is 0 Å². The van der Waals surface area contributed by atoms with Gasteiger partial charge in [0.05, 0.1) is 0 Å². The third kappa shape index (κ3) is 4.48. The van der Waals surface area contributed by atoms with Gasteiger partial charge >= 0.3 is 0 Å². The molecule has 0 aliphatic carbocycles. The van der Waals surface area contributed by atoms with Crippen LogP contribution in [-0.4, -0.2) is 36.4 Å². The number of rotatable bonds is 6. The first-order valence-corrected chi connectivity index (χ1v) is 7.87. The molecule has 2 rings (SSSR count). The van der Waals surface area contributed by atoms with Crippen molar-refractivity contribution in [1.29, 1.82) is 0 Å².